The topological polar surface area (TPSA) is 36.1 Å². The second kappa shape index (κ2) is 7.60. The third-order valence-corrected chi connectivity index (χ3v) is 4.96. The summed E-state index contributed by atoms with van der Waals surface area (Å²) in [6.45, 7) is 6.03. The molecule has 24 heavy (non-hydrogen) atoms. The highest BCUT2D eigenvalue weighted by molar-refractivity contribution is 7.09. The fourth-order valence-corrected chi connectivity index (χ4v) is 3.61. The molecule has 3 nitrogen and oxygen atoms in total. The first-order chi connectivity index (χ1) is 11.6. The summed E-state index contributed by atoms with van der Waals surface area (Å²) >= 11 is 1.31. The first-order valence-electron chi connectivity index (χ1n) is 8.19. The van der Waals surface area contributed by atoms with Gasteiger partial charge in [0.25, 0.3) is 0 Å². The molecule has 0 aliphatic heterocycles. The Hall–Kier alpha value is -2.17. The highest BCUT2D eigenvalue weighted by atomic mass is 32.1. The lowest BCUT2D eigenvalue weighted by Gasteiger charge is -2.26. The Labute approximate surface area is 146 Å². The van der Waals surface area contributed by atoms with Gasteiger partial charge in [0.15, 0.2) is 0 Å². The highest BCUT2D eigenvalue weighted by Crippen LogP contribution is 2.25. The van der Waals surface area contributed by atoms with Crippen molar-refractivity contribution in [1.82, 2.24) is 9.88 Å². The van der Waals surface area contributed by atoms with Gasteiger partial charge < -0.3 is 4.98 Å². The Morgan fingerprint density at radius 1 is 0.958 bits per heavy atom. The van der Waals surface area contributed by atoms with Crippen molar-refractivity contribution < 1.29 is 0 Å². The fraction of sp³-hybridized carbons (Fsp3) is 0.250. The summed E-state index contributed by atoms with van der Waals surface area (Å²) in [7, 11) is 0. The van der Waals surface area contributed by atoms with Crippen LogP contribution in [0.2, 0.25) is 0 Å². The minimum absolute atomic E-state index is 0.00673. The van der Waals surface area contributed by atoms with Gasteiger partial charge in [0.05, 0.1) is 5.69 Å². The van der Waals surface area contributed by atoms with E-state index in [9.17, 15) is 4.79 Å². The van der Waals surface area contributed by atoms with Crippen molar-refractivity contribution in [2.45, 2.75) is 33.0 Å². The third-order valence-electron chi connectivity index (χ3n) is 4.09. The van der Waals surface area contributed by atoms with Crippen LogP contribution in [-0.4, -0.2) is 15.9 Å². The maximum absolute atomic E-state index is 11.9. The van der Waals surface area contributed by atoms with E-state index < -0.39 is 0 Å². The number of aromatic nitrogens is 1. The molecule has 0 radical (unpaired) electrons. The van der Waals surface area contributed by atoms with Crippen molar-refractivity contribution in [2.24, 2.45) is 0 Å². The molecule has 0 saturated carbocycles. The van der Waals surface area contributed by atoms with Gasteiger partial charge in [-0.2, -0.15) is 0 Å². The molecular formula is C20H22N2OS. The third kappa shape index (κ3) is 4.02. The molecule has 0 fully saturated rings. The number of hydrogen-bond donors (Lipinski definition) is 1. The van der Waals surface area contributed by atoms with Crippen LogP contribution in [0, 0.1) is 0 Å². The zero-order valence-corrected chi connectivity index (χ0v) is 14.8. The monoisotopic (exact) mass is 338 g/mol. The van der Waals surface area contributed by atoms with Crippen LogP contribution in [0.25, 0.3) is 11.3 Å². The molecule has 124 valence electrons. The van der Waals surface area contributed by atoms with Gasteiger partial charge in [-0.1, -0.05) is 72.0 Å². The molecule has 0 bridgehead atoms. The second-order valence-electron chi connectivity index (χ2n) is 6.16. The average molecular weight is 338 g/mol. The van der Waals surface area contributed by atoms with Crippen molar-refractivity contribution >= 4 is 11.3 Å². The van der Waals surface area contributed by atoms with Crippen LogP contribution >= 0.6 is 11.3 Å². The summed E-state index contributed by atoms with van der Waals surface area (Å²) in [6, 6.07) is 20.9. The van der Waals surface area contributed by atoms with Gasteiger partial charge in [-0.25, -0.2) is 0 Å². The molecule has 0 atom stereocenters. The van der Waals surface area contributed by atoms with Gasteiger partial charge >= 0.3 is 4.87 Å². The van der Waals surface area contributed by atoms with Gasteiger partial charge in [0, 0.05) is 24.0 Å². The molecule has 1 heterocycles. The van der Waals surface area contributed by atoms with Gasteiger partial charge in [0.2, 0.25) is 0 Å². The molecular weight excluding hydrogens is 316 g/mol. The summed E-state index contributed by atoms with van der Waals surface area (Å²) in [5.74, 6) is 0. The van der Waals surface area contributed by atoms with Crippen LogP contribution in [0.4, 0.5) is 0 Å². The van der Waals surface area contributed by atoms with E-state index in [1.807, 2.05) is 36.4 Å². The molecule has 0 aliphatic carbocycles. The van der Waals surface area contributed by atoms with E-state index in [2.05, 4.69) is 48.0 Å². The molecule has 4 heteroatoms. The van der Waals surface area contributed by atoms with E-state index in [0.29, 0.717) is 6.04 Å². The minimum Gasteiger partial charge on any atom is -0.312 e. The maximum Gasteiger partial charge on any atom is 0.305 e. The molecule has 0 aliphatic rings. The number of nitrogens with zero attached hydrogens (tertiary/aromatic N) is 1. The first-order valence-corrected chi connectivity index (χ1v) is 9.00. The van der Waals surface area contributed by atoms with Crippen LogP contribution in [0.3, 0.4) is 0 Å². The average Bonchev–Trinajstić information content (AvgIpc) is 2.96. The SMILES string of the molecule is CC(C)N(Cc1ccccc1)Cc1sc(=O)[nH]c1-c1ccccc1. The van der Waals surface area contributed by atoms with E-state index in [-0.39, 0.29) is 4.87 Å². The number of hydrogen-bond acceptors (Lipinski definition) is 3. The smallest absolute Gasteiger partial charge is 0.305 e. The molecule has 0 unspecified atom stereocenters. The quantitative estimate of drug-likeness (QED) is 0.717. The minimum atomic E-state index is 0.00673. The Morgan fingerprint density at radius 3 is 2.21 bits per heavy atom. The summed E-state index contributed by atoms with van der Waals surface area (Å²) < 4.78 is 0. The predicted octanol–water partition coefficient (Wildman–Crippen LogP) is 4.51. The Kier molecular flexibility index (Phi) is 5.28. The van der Waals surface area contributed by atoms with Crippen molar-refractivity contribution in [1.29, 1.82) is 0 Å². The first kappa shape index (κ1) is 16.7. The lowest BCUT2D eigenvalue weighted by atomic mass is 10.1. The van der Waals surface area contributed by atoms with Crippen molar-refractivity contribution in [3.63, 3.8) is 0 Å². The number of H-pyrrole nitrogens is 1. The van der Waals surface area contributed by atoms with Crippen LogP contribution in [0.1, 0.15) is 24.3 Å². The van der Waals surface area contributed by atoms with E-state index in [0.717, 1.165) is 29.2 Å². The molecule has 1 aromatic heterocycles. The molecule has 1 N–H and O–H groups in total. The zero-order valence-electron chi connectivity index (χ0n) is 14.0. The van der Waals surface area contributed by atoms with E-state index >= 15 is 0 Å². The van der Waals surface area contributed by atoms with E-state index in [1.165, 1.54) is 16.9 Å². The standard InChI is InChI=1S/C20H22N2OS/c1-15(2)22(13-16-9-5-3-6-10-16)14-18-19(21-20(23)24-18)17-11-7-4-8-12-17/h3-12,15H,13-14H2,1-2H3,(H,21,23). The van der Waals surface area contributed by atoms with E-state index in [1.54, 1.807) is 0 Å². The lowest BCUT2D eigenvalue weighted by Crippen LogP contribution is -2.29. The Bertz CT molecular complexity index is 822. The fourth-order valence-electron chi connectivity index (χ4n) is 2.73. The normalized spacial score (nSPS) is 11.3. The van der Waals surface area contributed by atoms with Crippen LogP contribution in [-0.2, 0) is 13.1 Å². The van der Waals surface area contributed by atoms with Gasteiger partial charge in [-0.05, 0) is 25.0 Å². The van der Waals surface area contributed by atoms with Crippen LogP contribution < -0.4 is 4.87 Å². The Morgan fingerprint density at radius 2 is 1.58 bits per heavy atom. The summed E-state index contributed by atoms with van der Waals surface area (Å²) in [4.78, 5) is 18.4. The molecule has 0 spiro atoms. The molecule has 3 rings (SSSR count). The van der Waals surface area contributed by atoms with Crippen molar-refractivity contribution in [3.05, 3.63) is 80.8 Å². The van der Waals surface area contributed by atoms with Gasteiger partial charge in [-0.15, -0.1) is 0 Å². The molecule has 3 aromatic rings. The number of aromatic amines is 1. The number of rotatable bonds is 6. The largest absolute Gasteiger partial charge is 0.312 e. The van der Waals surface area contributed by atoms with Gasteiger partial charge in [-0.3, -0.25) is 9.69 Å². The van der Waals surface area contributed by atoms with Crippen LogP contribution in [0.15, 0.2) is 65.5 Å². The number of benzene rings is 2. The number of nitrogens with one attached hydrogen (secondary N) is 1. The predicted molar refractivity (Wildman–Crippen MR) is 101 cm³/mol. The number of thiazole rings is 1. The Balaban J connectivity index is 1.87. The second-order valence-corrected chi connectivity index (χ2v) is 7.23. The molecule has 0 amide bonds. The van der Waals surface area contributed by atoms with Crippen molar-refractivity contribution in [3.8, 4) is 11.3 Å². The zero-order chi connectivity index (χ0) is 16.9. The van der Waals surface area contributed by atoms with Crippen molar-refractivity contribution in [2.75, 3.05) is 0 Å². The summed E-state index contributed by atoms with van der Waals surface area (Å²) in [5.41, 5.74) is 3.30. The van der Waals surface area contributed by atoms with Gasteiger partial charge in [0.1, 0.15) is 0 Å². The highest BCUT2D eigenvalue weighted by Gasteiger charge is 2.16. The molecule has 0 saturated heterocycles. The maximum atomic E-state index is 11.9. The molecule has 2 aromatic carbocycles. The van der Waals surface area contributed by atoms with E-state index in [4.69, 9.17) is 0 Å². The van der Waals surface area contributed by atoms with Crippen LogP contribution in [0.5, 0.6) is 0 Å². The summed E-state index contributed by atoms with van der Waals surface area (Å²) in [6.07, 6.45) is 0. The lowest BCUT2D eigenvalue weighted by molar-refractivity contribution is 0.206. The summed E-state index contributed by atoms with van der Waals surface area (Å²) in [5, 5.41) is 0.